The number of rotatable bonds is 31. The molecule has 0 aliphatic carbocycles. The average molecular weight is 930 g/mol. The highest BCUT2D eigenvalue weighted by atomic mass is 19.4. The van der Waals surface area contributed by atoms with Crippen molar-refractivity contribution in [3.8, 4) is 0 Å². The predicted molar refractivity (Wildman–Crippen MR) is 173 cm³/mol. The van der Waals surface area contributed by atoms with E-state index in [4.69, 9.17) is 0 Å². The van der Waals surface area contributed by atoms with Crippen molar-refractivity contribution in [3.05, 3.63) is 0 Å². The summed E-state index contributed by atoms with van der Waals surface area (Å²) >= 11 is 0. The van der Waals surface area contributed by atoms with Crippen LogP contribution in [0.15, 0.2) is 0 Å². The molecule has 60 heavy (non-hydrogen) atoms. The number of ether oxygens (including phenoxy) is 1. The second-order valence-corrected chi connectivity index (χ2v) is 14.4. The second kappa shape index (κ2) is 22.2. The molecule has 0 radical (unpaired) electrons. The number of carbonyl (C=O) groups is 2. The van der Waals surface area contributed by atoms with Gasteiger partial charge in [0.25, 0.3) is 0 Å². The summed E-state index contributed by atoms with van der Waals surface area (Å²) in [5.74, 6) is -80.2. The minimum absolute atomic E-state index is 0.192. The summed E-state index contributed by atoms with van der Waals surface area (Å²) in [6, 6.07) is 0. The van der Waals surface area contributed by atoms with Gasteiger partial charge in [-0.25, -0.2) is 0 Å². The predicted octanol–water partition coefficient (Wildman–Crippen LogP) is 13.7. The van der Waals surface area contributed by atoms with Gasteiger partial charge in [0.1, 0.15) is 0 Å². The summed E-state index contributed by atoms with van der Waals surface area (Å²) in [6.07, 6.45) is 4.57. The van der Waals surface area contributed by atoms with Crippen LogP contribution in [0.1, 0.15) is 129 Å². The lowest BCUT2D eigenvalue weighted by atomic mass is 9.86. The van der Waals surface area contributed by atoms with E-state index in [-0.39, 0.29) is 6.54 Å². The smallest absolute Gasteiger partial charge is 0.460 e. The number of unbranched alkanes of at least 4 members (excludes halogenated alkanes) is 15. The topological polar surface area (TPSA) is 46.6 Å². The van der Waals surface area contributed by atoms with Crippen LogP contribution in [0.2, 0.25) is 0 Å². The van der Waals surface area contributed by atoms with Gasteiger partial charge >= 0.3 is 65.4 Å². The highest BCUT2D eigenvalue weighted by molar-refractivity contribution is 5.81. The number of halogens is 21. The van der Waals surface area contributed by atoms with Crippen molar-refractivity contribution >= 4 is 11.9 Å². The van der Waals surface area contributed by atoms with Crippen molar-refractivity contribution in [1.82, 2.24) is 4.90 Å². The SMILES string of the molecule is CCCCCCCCCCCCCCCCCCN(C)C(=O)CCC(=O)OCCC(F)(F)C(F)(F)C(F)(F)C(F)(F)C(F)(F)C(F)(F)C(F)(F)C(F)(F)C(F)(F)C(F)(F)F. The van der Waals surface area contributed by atoms with Gasteiger partial charge < -0.3 is 9.64 Å². The molecule has 0 spiro atoms. The molecule has 0 heterocycles. The minimum atomic E-state index is -9.25. The Balaban J connectivity index is 5.09. The molecule has 0 aliphatic heterocycles. The number of carbonyl (C=O) groups excluding carboxylic acids is 2. The Morgan fingerprint density at radius 1 is 0.417 bits per heavy atom. The number of amides is 1. The standard InChI is InChI=1S/C35H48F21NO3/c1-3-4-5-6-7-8-9-10-11-12-13-14-15-16-17-18-22-57(2)24(58)19-20-25(59)60-23-21-26(36,37)27(38,39)28(40,41)29(42,43)30(44,45)31(46,47)32(48,49)33(50,51)34(52,53)35(54,55)56/h3-23H2,1-2H3. The van der Waals surface area contributed by atoms with Crippen molar-refractivity contribution in [1.29, 1.82) is 0 Å². The Hall–Kier alpha value is -2.53. The van der Waals surface area contributed by atoms with Crippen molar-refractivity contribution in [2.75, 3.05) is 20.2 Å². The lowest BCUT2D eigenvalue weighted by Crippen LogP contribution is -2.76. The first-order valence-corrected chi connectivity index (χ1v) is 18.9. The normalized spacial score (nSPS) is 14.4. The molecule has 0 rings (SSSR count). The third kappa shape index (κ3) is 13.0. The number of esters is 1. The first-order valence-electron chi connectivity index (χ1n) is 18.9. The molecule has 4 nitrogen and oxygen atoms in total. The average Bonchev–Trinajstić information content (AvgIpc) is 3.12. The van der Waals surface area contributed by atoms with Crippen LogP contribution in [0.25, 0.3) is 0 Å². The van der Waals surface area contributed by atoms with Gasteiger partial charge in [0.15, 0.2) is 0 Å². The van der Waals surface area contributed by atoms with E-state index >= 15 is 0 Å². The zero-order valence-electron chi connectivity index (χ0n) is 32.5. The van der Waals surface area contributed by atoms with Crippen LogP contribution < -0.4 is 0 Å². The minimum Gasteiger partial charge on any atom is -0.465 e. The number of alkyl halides is 21. The third-order valence-electron chi connectivity index (χ3n) is 9.57. The van der Waals surface area contributed by atoms with Crippen molar-refractivity contribution in [2.45, 2.75) is 188 Å². The van der Waals surface area contributed by atoms with Gasteiger partial charge in [-0.2, -0.15) is 92.2 Å². The molecule has 1 amide bonds. The maximum Gasteiger partial charge on any atom is 0.460 e. The van der Waals surface area contributed by atoms with Gasteiger partial charge in [0.05, 0.1) is 19.4 Å². The van der Waals surface area contributed by atoms with Crippen LogP contribution in [-0.4, -0.2) is 96.5 Å². The summed E-state index contributed by atoms with van der Waals surface area (Å²) in [4.78, 5) is 25.2. The van der Waals surface area contributed by atoms with Crippen LogP contribution >= 0.6 is 0 Å². The van der Waals surface area contributed by atoms with Gasteiger partial charge in [-0.3, -0.25) is 9.59 Å². The van der Waals surface area contributed by atoms with E-state index in [1.54, 1.807) is 0 Å². The molecule has 358 valence electrons. The maximum atomic E-state index is 14.1. The lowest BCUT2D eigenvalue weighted by molar-refractivity contribution is -0.474. The van der Waals surface area contributed by atoms with E-state index in [0.717, 1.165) is 49.8 Å². The van der Waals surface area contributed by atoms with Gasteiger partial charge in [-0.15, -0.1) is 0 Å². The van der Waals surface area contributed by atoms with E-state index in [2.05, 4.69) is 11.7 Å². The molecule has 0 aromatic heterocycles. The molecule has 0 saturated carbocycles. The van der Waals surface area contributed by atoms with E-state index in [9.17, 15) is 102 Å². The molecular formula is C35H48F21NO3. The molecule has 0 aromatic rings. The van der Waals surface area contributed by atoms with Gasteiger partial charge in [-0.05, 0) is 6.42 Å². The zero-order valence-corrected chi connectivity index (χ0v) is 32.5. The summed E-state index contributed by atoms with van der Waals surface area (Å²) in [6.45, 7) is 0.172. The van der Waals surface area contributed by atoms with Crippen molar-refractivity contribution in [3.63, 3.8) is 0 Å². The summed E-state index contributed by atoms with van der Waals surface area (Å²) < 4.78 is 288. The fourth-order valence-corrected chi connectivity index (χ4v) is 5.53. The third-order valence-corrected chi connectivity index (χ3v) is 9.57. The molecule has 0 atom stereocenters. The molecule has 0 unspecified atom stereocenters. The van der Waals surface area contributed by atoms with Crippen LogP contribution in [0.4, 0.5) is 92.2 Å². The zero-order chi connectivity index (χ0) is 47.3. The van der Waals surface area contributed by atoms with Crippen molar-refractivity contribution in [2.24, 2.45) is 0 Å². The first-order chi connectivity index (χ1) is 27.0. The Morgan fingerprint density at radius 2 is 0.717 bits per heavy atom. The Kier molecular flexibility index (Phi) is 21.3. The van der Waals surface area contributed by atoms with Gasteiger partial charge in [0, 0.05) is 20.0 Å². The lowest BCUT2D eigenvalue weighted by Gasteiger charge is -2.44. The molecule has 0 aliphatic rings. The molecule has 25 heteroatoms. The Bertz CT molecular complexity index is 1300. The Labute approximate surface area is 332 Å². The molecular weight excluding hydrogens is 881 g/mol. The van der Waals surface area contributed by atoms with E-state index < -0.39 is 97.2 Å². The molecule has 0 aromatic carbocycles. The van der Waals surface area contributed by atoms with Gasteiger partial charge in [-0.1, -0.05) is 103 Å². The highest BCUT2D eigenvalue weighted by Crippen LogP contribution is 2.66. The monoisotopic (exact) mass is 929 g/mol. The van der Waals surface area contributed by atoms with Crippen LogP contribution in [0.3, 0.4) is 0 Å². The fraction of sp³-hybridized carbons (Fsp3) is 0.943. The fourth-order valence-electron chi connectivity index (χ4n) is 5.53. The molecule has 0 N–H and O–H groups in total. The summed E-state index contributed by atoms with van der Waals surface area (Å²) in [5.41, 5.74) is 0. The summed E-state index contributed by atoms with van der Waals surface area (Å²) in [7, 11) is 1.31. The Morgan fingerprint density at radius 3 is 1.05 bits per heavy atom. The molecule has 0 bridgehead atoms. The van der Waals surface area contributed by atoms with E-state index in [0.29, 0.717) is 6.42 Å². The van der Waals surface area contributed by atoms with E-state index in [1.807, 2.05) is 0 Å². The largest absolute Gasteiger partial charge is 0.465 e. The number of hydrogen-bond acceptors (Lipinski definition) is 3. The molecule has 0 fully saturated rings. The first kappa shape index (κ1) is 57.5. The van der Waals surface area contributed by atoms with Crippen LogP contribution in [0, 0.1) is 0 Å². The second-order valence-electron chi connectivity index (χ2n) is 14.4. The summed E-state index contributed by atoms with van der Waals surface area (Å²) in [5, 5.41) is 0. The number of nitrogens with zero attached hydrogens (tertiary/aromatic N) is 1. The van der Waals surface area contributed by atoms with Crippen LogP contribution in [0.5, 0.6) is 0 Å². The van der Waals surface area contributed by atoms with Crippen LogP contribution in [-0.2, 0) is 14.3 Å². The van der Waals surface area contributed by atoms with E-state index in [1.165, 1.54) is 58.4 Å². The maximum absolute atomic E-state index is 14.1. The highest BCUT2D eigenvalue weighted by Gasteiger charge is 2.97. The van der Waals surface area contributed by atoms with Crippen molar-refractivity contribution < 1.29 is 107 Å². The van der Waals surface area contributed by atoms with Gasteiger partial charge in [0.2, 0.25) is 5.91 Å². The quantitative estimate of drug-likeness (QED) is 0.0395. The molecule has 0 saturated heterocycles. The number of hydrogen-bond donors (Lipinski definition) is 0.